The molecule has 0 saturated carbocycles. The fourth-order valence-corrected chi connectivity index (χ4v) is 2.93. The van der Waals surface area contributed by atoms with Crippen LogP contribution in [0, 0.1) is 21.8 Å². The number of aliphatic hydroxyl groups is 1. The topological polar surface area (TPSA) is 122 Å². The maximum absolute atomic E-state index is 13.0. The highest BCUT2D eigenvalue weighted by molar-refractivity contribution is 6.34. The number of non-ortho nitro benzene ring substituents is 1. The Bertz CT molecular complexity index is 937. The summed E-state index contributed by atoms with van der Waals surface area (Å²) in [5, 5.41) is 25.9. The Morgan fingerprint density at radius 2 is 1.83 bits per heavy atom. The molecule has 2 rings (SSSR count). The lowest BCUT2D eigenvalue weighted by molar-refractivity contribution is -0.384. The fourth-order valence-electron chi connectivity index (χ4n) is 2.67. The van der Waals surface area contributed by atoms with Crippen molar-refractivity contribution in [1.82, 2.24) is 10.6 Å². The Hall–Kier alpha value is -3.04. The SMILES string of the molecule is CC(C)C(NC(=O)c1ccc([N+](=O)[O-])cc1Cl)C(=O)NCC(O)c1ccc(F)cc1. The monoisotopic (exact) mass is 437 g/mol. The van der Waals surface area contributed by atoms with Crippen molar-refractivity contribution in [3.8, 4) is 0 Å². The van der Waals surface area contributed by atoms with Gasteiger partial charge < -0.3 is 15.7 Å². The average Bonchev–Trinajstić information content (AvgIpc) is 2.69. The Balaban J connectivity index is 2.04. The molecule has 2 unspecified atom stereocenters. The summed E-state index contributed by atoms with van der Waals surface area (Å²) in [6.45, 7) is 3.30. The fraction of sp³-hybridized carbons (Fsp3) is 0.300. The van der Waals surface area contributed by atoms with Crippen molar-refractivity contribution in [3.05, 3.63) is 74.5 Å². The molecule has 0 aliphatic rings. The van der Waals surface area contributed by atoms with Gasteiger partial charge in [0.1, 0.15) is 11.9 Å². The smallest absolute Gasteiger partial charge is 0.270 e. The van der Waals surface area contributed by atoms with Crippen molar-refractivity contribution in [1.29, 1.82) is 0 Å². The summed E-state index contributed by atoms with van der Waals surface area (Å²) in [6.07, 6.45) is -1.05. The van der Waals surface area contributed by atoms with Crippen molar-refractivity contribution in [2.45, 2.75) is 26.0 Å². The second-order valence-electron chi connectivity index (χ2n) is 6.93. The molecular weight excluding hydrogens is 417 g/mol. The molecule has 0 aliphatic carbocycles. The number of halogens is 2. The Labute approximate surface area is 177 Å². The second-order valence-corrected chi connectivity index (χ2v) is 7.34. The van der Waals surface area contributed by atoms with Crippen LogP contribution in [0.2, 0.25) is 5.02 Å². The molecule has 0 heterocycles. The van der Waals surface area contributed by atoms with Gasteiger partial charge in [0.05, 0.1) is 21.6 Å². The minimum Gasteiger partial charge on any atom is -0.387 e. The molecule has 0 radical (unpaired) electrons. The number of hydrogen-bond acceptors (Lipinski definition) is 5. The molecule has 0 fully saturated rings. The predicted octanol–water partition coefficient (Wildman–Crippen LogP) is 2.99. The first-order chi connectivity index (χ1) is 14.1. The van der Waals surface area contributed by atoms with Crippen LogP contribution in [0.5, 0.6) is 0 Å². The van der Waals surface area contributed by atoms with Crippen LogP contribution in [0.25, 0.3) is 0 Å². The van der Waals surface area contributed by atoms with Crippen LogP contribution >= 0.6 is 11.6 Å². The third-order valence-electron chi connectivity index (χ3n) is 4.37. The van der Waals surface area contributed by atoms with Gasteiger partial charge in [-0.05, 0) is 29.7 Å². The number of nitrogens with zero attached hydrogens (tertiary/aromatic N) is 1. The van der Waals surface area contributed by atoms with Crippen LogP contribution in [0.15, 0.2) is 42.5 Å². The van der Waals surface area contributed by atoms with E-state index in [2.05, 4.69) is 10.6 Å². The zero-order chi connectivity index (χ0) is 22.4. The summed E-state index contributed by atoms with van der Waals surface area (Å²) < 4.78 is 13.0. The minimum absolute atomic E-state index is 0.00735. The standard InChI is InChI=1S/C20H21ClFN3O5/c1-11(2)18(20(28)23-10-17(26)12-3-5-13(22)6-4-12)24-19(27)15-8-7-14(25(29)30)9-16(15)21/h3-9,11,17-18,26H,10H2,1-2H3,(H,23,28)(H,24,27). The van der Waals surface area contributed by atoms with E-state index in [1.807, 2.05) is 0 Å². The van der Waals surface area contributed by atoms with Crippen molar-refractivity contribution >= 4 is 29.1 Å². The number of aliphatic hydroxyl groups excluding tert-OH is 1. The number of rotatable bonds is 8. The van der Waals surface area contributed by atoms with Gasteiger partial charge >= 0.3 is 0 Å². The van der Waals surface area contributed by atoms with E-state index in [4.69, 9.17) is 11.6 Å². The number of nitro groups is 1. The maximum Gasteiger partial charge on any atom is 0.270 e. The van der Waals surface area contributed by atoms with Gasteiger partial charge in [-0.15, -0.1) is 0 Å². The van der Waals surface area contributed by atoms with Crippen molar-refractivity contribution in [3.63, 3.8) is 0 Å². The van der Waals surface area contributed by atoms with Gasteiger partial charge in [0.15, 0.2) is 0 Å². The largest absolute Gasteiger partial charge is 0.387 e. The van der Waals surface area contributed by atoms with E-state index in [0.717, 1.165) is 12.1 Å². The summed E-state index contributed by atoms with van der Waals surface area (Å²) in [5.74, 6) is -1.93. The lowest BCUT2D eigenvalue weighted by Crippen LogP contribution is -2.50. The first kappa shape index (κ1) is 23.2. The Morgan fingerprint density at radius 3 is 2.37 bits per heavy atom. The van der Waals surface area contributed by atoms with Gasteiger partial charge in [0.25, 0.3) is 11.6 Å². The molecule has 0 bridgehead atoms. The lowest BCUT2D eigenvalue weighted by Gasteiger charge is -2.23. The lowest BCUT2D eigenvalue weighted by atomic mass is 10.0. The normalized spacial score (nSPS) is 12.9. The van der Waals surface area contributed by atoms with Crippen LogP contribution in [0.4, 0.5) is 10.1 Å². The van der Waals surface area contributed by atoms with E-state index in [9.17, 15) is 29.2 Å². The molecule has 0 spiro atoms. The van der Waals surface area contributed by atoms with E-state index < -0.39 is 34.7 Å². The van der Waals surface area contributed by atoms with Gasteiger partial charge in [-0.1, -0.05) is 37.6 Å². The average molecular weight is 438 g/mol. The van der Waals surface area contributed by atoms with E-state index in [-0.39, 0.29) is 28.7 Å². The molecule has 160 valence electrons. The first-order valence-corrected chi connectivity index (χ1v) is 9.44. The van der Waals surface area contributed by atoms with Gasteiger partial charge in [-0.2, -0.15) is 0 Å². The molecule has 10 heteroatoms. The van der Waals surface area contributed by atoms with Gasteiger partial charge in [0.2, 0.25) is 5.91 Å². The molecule has 3 N–H and O–H groups in total. The molecule has 2 atom stereocenters. The quantitative estimate of drug-likeness (QED) is 0.433. The summed E-state index contributed by atoms with van der Waals surface area (Å²) in [4.78, 5) is 35.2. The minimum atomic E-state index is -1.05. The number of amides is 2. The Kier molecular flexibility index (Phi) is 7.85. The molecule has 30 heavy (non-hydrogen) atoms. The predicted molar refractivity (Wildman–Crippen MR) is 109 cm³/mol. The molecule has 0 saturated heterocycles. The highest BCUT2D eigenvalue weighted by Crippen LogP contribution is 2.22. The number of carbonyl (C=O) groups excluding carboxylic acids is 2. The number of hydrogen-bond donors (Lipinski definition) is 3. The Morgan fingerprint density at radius 1 is 1.20 bits per heavy atom. The van der Waals surface area contributed by atoms with E-state index in [0.29, 0.717) is 5.56 Å². The zero-order valence-corrected chi connectivity index (χ0v) is 17.0. The summed E-state index contributed by atoms with van der Waals surface area (Å²) in [6, 6.07) is 7.68. The zero-order valence-electron chi connectivity index (χ0n) is 16.3. The van der Waals surface area contributed by atoms with Crippen molar-refractivity contribution < 1.29 is 24.0 Å². The molecule has 0 aliphatic heterocycles. The molecular formula is C20H21ClFN3O5. The van der Waals surface area contributed by atoms with Gasteiger partial charge in [-0.25, -0.2) is 4.39 Å². The maximum atomic E-state index is 13.0. The van der Waals surface area contributed by atoms with E-state index in [1.54, 1.807) is 13.8 Å². The molecule has 2 aromatic rings. The summed E-state index contributed by atoms with van der Waals surface area (Å²) in [7, 11) is 0. The van der Waals surface area contributed by atoms with Crippen LogP contribution in [0.1, 0.15) is 35.9 Å². The van der Waals surface area contributed by atoms with Crippen LogP contribution in [-0.2, 0) is 4.79 Å². The van der Waals surface area contributed by atoms with E-state index in [1.165, 1.54) is 30.3 Å². The summed E-state index contributed by atoms with van der Waals surface area (Å²) in [5.41, 5.74) is 0.163. The number of benzene rings is 2. The number of nitrogens with one attached hydrogen (secondary N) is 2. The number of nitro benzene ring substituents is 1. The number of carbonyl (C=O) groups is 2. The van der Waals surface area contributed by atoms with Crippen molar-refractivity contribution in [2.75, 3.05) is 6.54 Å². The highest BCUT2D eigenvalue weighted by Gasteiger charge is 2.26. The third-order valence-corrected chi connectivity index (χ3v) is 4.68. The summed E-state index contributed by atoms with van der Waals surface area (Å²) >= 11 is 5.97. The highest BCUT2D eigenvalue weighted by atomic mass is 35.5. The molecule has 8 nitrogen and oxygen atoms in total. The van der Waals surface area contributed by atoms with Gasteiger partial charge in [-0.3, -0.25) is 19.7 Å². The first-order valence-electron chi connectivity index (χ1n) is 9.06. The molecule has 2 amide bonds. The van der Waals surface area contributed by atoms with Crippen LogP contribution in [-0.4, -0.2) is 34.4 Å². The van der Waals surface area contributed by atoms with E-state index >= 15 is 0 Å². The van der Waals surface area contributed by atoms with Gasteiger partial charge in [0, 0.05) is 18.7 Å². The second kappa shape index (κ2) is 10.1. The molecule has 0 aromatic heterocycles. The molecule has 2 aromatic carbocycles. The van der Waals surface area contributed by atoms with Crippen LogP contribution < -0.4 is 10.6 Å². The van der Waals surface area contributed by atoms with Crippen LogP contribution in [0.3, 0.4) is 0 Å². The van der Waals surface area contributed by atoms with Crippen molar-refractivity contribution in [2.24, 2.45) is 5.92 Å². The third kappa shape index (κ3) is 5.98.